The predicted octanol–water partition coefficient (Wildman–Crippen LogP) is 1.91. The van der Waals surface area contributed by atoms with Gasteiger partial charge < -0.3 is 10.6 Å². The van der Waals surface area contributed by atoms with Gasteiger partial charge in [0, 0.05) is 31.4 Å². The Morgan fingerprint density at radius 2 is 2.20 bits per heavy atom. The van der Waals surface area contributed by atoms with Crippen LogP contribution in [-0.2, 0) is 11.2 Å². The van der Waals surface area contributed by atoms with E-state index in [1.54, 1.807) is 12.4 Å². The van der Waals surface area contributed by atoms with Crippen LogP contribution in [0.4, 0.5) is 0 Å². The van der Waals surface area contributed by atoms with Gasteiger partial charge in [0.15, 0.2) is 0 Å². The lowest BCUT2D eigenvalue weighted by molar-refractivity contribution is -0.121. The van der Waals surface area contributed by atoms with Gasteiger partial charge in [-0.15, -0.1) is 0 Å². The molecule has 2 rings (SSSR count). The summed E-state index contributed by atoms with van der Waals surface area (Å²) in [5.74, 6) is 0.130. The van der Waals surface area contributed by atoms with E-state index in [4.69, 9.17) is 0 Å². The van der Waals surface area contributed by atoms with Crippen LogP contribution in [0.25, 0.3) is 0 Å². The second-order valence-corrected chi connectivity index (χ2v) is 6.26. The Kier molecular flexibility index (Phi) is 5.12. The van der Waals surface area contributed by atoms with Gasteiger partial charge in [-0.1, -0.05) is 13.8 Å². The van der Waals surface area contributed by atoms with Gasteiger partial charge in [-0.2, -0.15) is 0 Å². The molecule has 110 valence electrons. The summed E-state index contributed by atoms with van der Waals surface area (Å²) in [6.45, 7) is 6.32. The number of hydrogen-bond donors (Lipinski definition) is 2. The number of pyridine rings is 1. The molecule has 0 saturated carbocycles. The first-order chi connectivity index (χ1) is 9.58. The molecular weight excluding hydrogens is 250 g/mol. The molecule has 0 bridgehead atoms. The van der Waals surface area contributed by atoms with Crippen LogP contribution in [0.3, 0.4) is 0 Å². The molecule has 1 aliphatic heterocycles. The van der Waals surface area contributed by atoms with E-state index in [-0.39, 0.29) is 11.3 Å². The Morgan fingerprint density at radius 3 is 2.90 bits per heavy atom. The van der Waals surface area contributed by atoms with Crippen molar-refractivity contribution in [1.29, 1.82) is 0 Å². The number of aryl methyl sites for hydroxylation is 1. The first-order valence-electron chi connectivity index (χ1n) is 7.47. The van der Waals surface area contributed by atoms with Crippen molar-refractivity contribution in [3.8, 4) is 0 Å². The summed E-state index contributed by atoms with van der Waals surface area (Å²) >= 11 is 0. The number of carbonyl (C=O) groups is 1. The van der Waals surface area contributed by atoms with Gasteiger partial charge in [-0.3, -0.25) is 9.78 Å². The Hall–Kier alpha value is -1.42. The Labute approximate surface area is 121 Å². The quantitative estimate of drug-likeness (QED) is 0.863. The standard InChI is InChI=1S/C16H25N3O/c1-16(2)8-3-9-18-14(16)12-19-15(20)5-4-13-6-10-17-11-7-13/h6-7,10-11,14,18H,3-5,8-9,12H2,1-2H3,(H,19,20). The third kappa shape index (κ3) is 4.30. The van der Waals surface area contributed by atoms with Crippen molar-refractivity contribution in [2.75, 3.05) is 13.1 Å². The molecule has 1 aliphatic rings. The van der Waals surface area contributed by atoms with E-state index >= 15 is 0 Å². The van der Waals surface area contributed by atoms with Gasteiger partial charge in [0.05, 0.1) is 0 Å². The van der Waals surface area contributed by atoms with Crippen LogP contribution in [0.15, 0.2) is 24.5 Å². The molecule has 0 aliphatic carbocycles. The van der Waals surface area contributed by atoms with Crippen molar-refractivity contribution in [1.82, 2.24) is 15.6 Å². The number of nitrogens with one attached hydrogen (secondary N) is 2. The number of nitrogens with zero attached hydrogens (tertiary/aromatic N) is 1. The summed E-state index contributed by atoms with van der Waals surface area (Å²) in [6, 6.07) is 4.29. The van der Waals surface area contributed by atoms with Gasteiger partial charge in [0.1, 0.15) is 0 Å². The largest absolute Gasteiger partial charge is 0.355 e. The van der Waals surface area contributed by atoms with Crippen molar-refractivity contribution >= 4 is 5.91 Å². The minimum Gasteiger partial charge on any atom is -0.355 e. The number of rotatable bonds is 5. The van der Waals surface area contributed by atoms with Crippen molar-refractivity contribution in [3.63, 3.8) is 0 Å². The highest BCUT2D eigenvalue weighted by molar-refractivity contribution is 5.76. The van der Waals surface area contributed by atoms with E-state index in [0.29, 0.717) is 12.5 Å². The molecular formula is C16H25N3O. The monoisotopic (exact) mass is 275 g/mol. The van der Waals surface area contributed by atoms with Crippen LogP contribution in [0.2, 0.25) is 0 Å². The lowest BCUT2D eigenvalue weighted by Gasteiger charge is -2.39. The summed E-state index contributed by atoms with van der Waals surface area (Å²) in [5, 5.41) is 6.58. The van der Waals surface area contributed by atoms with Gasteiger partial charge in [-0.25, -0.2) is 0 Å². The fraction of sp³-hybridized carbons (Fsp3) is 0.625. The normalized spacial score (nSPS) is 21.4. The lowest BCUT2D eigenvalue weighted by Crippen LogP contribution is -2.52. The van der Waals surface area contributed by atoms with E-state index in [9.17, 15) is 4.79 Å². The first kappa shape index (κ1) is 15.0. The topological polar surface area (TPSA) is 54.0 Å². The highest BCUT2D eigenvalue weighted by Gasteiger charge is 2.31. The molecule has 20 heavy (non-hydrogen) atoms. The molecule has 4 nitrogen and oxygen atoms in total. The van der Waals surface area contributed by atoms with Crippen LogP contribution in [0, 0.1) is 5.41 Å². The number of carbonyl (C=O) groups excluding carboxylic acids is 1. The van der Waals surface area contributed by atoms with Crippen molar-refractivity contribution < 1.29 is 4.79 Å². The molecule has 2 N–H and O–H groups in total. The second-order valence-electron chi connectivity index (χ2n) is 6.26. The zero-order valence-electron chi connectivity index (χ0n) is 12.5. The molecule has 0 radical (unpaired) electrons. The highest BCUT2D eigenvalue weighted by Crippen LogP contribution is 2.29. The fourth-order valence-electron chi connectivity index (χ4n) is 2.73. The van der Waals surface area contributed by atoms with Gasteiger partial charge >= 0.3 is 0 Å². The van der Waals surface area contributed by atoms with E-state index in [1.807, 2.05) is 12.1 Å². The van der Waals surface area contributed by atoms with Crippen LogP contribution in [0.5, 0.6) is 0 Å². The van der Waals surface area contributed by atoms with Crippen LogP contribution < -0.4 is 10.6 Å². The smallest absolute Gasteiger partial charge is 0.220 e. The molecule has 1 amide bonds. The van der Waals surface area contributed by atoms with E-state index in [2.05, 4.69) is 29.5 Å². The zero-order chi connectivity index (χ0) is 14.4. The lowest BCUT2D eigenvalue weighted by atomic mass is 9.77. The van der Waals surface area contributed by atoms with Crippen molar-refractivity contribution in [2.45, 2.75) is 45.6 Å². The summed E-state index contributed by atoms with van der Waals surface area (Å²) < 4.78 is 0. The zero-order valence-corrected chi connectivity index (χ0v) is 12.5. The molecule has 0 aromatic carbocycles. The van der Waals surface area contributed by atoms with Crippen LogP contribution >= 0.6 is 0 Å². The summed E-state index contributed by atoms with van der Waals surface area (Å²) in [5.41, 5.74) is 1.42. The van der Waals surface area contributed by atoms with Gasteiger partial charge in [0.2, 0.25) is 5.91 Å². The number of aromatic nitrogens is 1. The third-order valence-corrected chi connectivity index (χ3v) is 4.23. The van der Waals surface area contributed by atoms with Crippen LogP contribution in [0.1, 0.15) is 38.7 Å². The molecule has 1 aromatic heterocycles. The number of hydrogen-bond acceptors (Lipinski definition) is 3. The van der Waals surface area contributed by atoms with E-state index in [0.717, 1.165) is 25.1 Å². The average Bonchev–Trinajstić information content (AvgIpc) is 2.44. The Morgan fingerprint density at radius 1 is 1.45 bits per heavy atom. The SMILES string of the molecule is CC1(C)CCCNC1CNC(=O)CCc1ccncc1. The molecule has 0 spiro atoms. The highest BCUT2D eigenvalue weighted by atomic mass is 16.1. The molecule has 1 saturated heterocycles. The van der Waals surface area contributed by atoms with Crippen molar-refractivity contribution in [2.24, 2.45) is 5.41 Å². The number of piperidine rings is 1. The summed E-state index contributed by atoms with van der Waals surface area (Å²) in [6.07, 6.45) is 7.29. The summed E-state index contributed by atoms with van der Waals surface area (Å²) in [7, 11) is 0. The van der Waals surface area contributed by atoms with Crippen LogP contribution in [-0.4, -0.2) is 30.0 Å². The predicted molar refractivity (Wildman–Crippen MR) is 80.4 cm³/mol. The van der Waals surface area contributed by atoms with E-state index < -0.39 is 0 Å². The molecule has 1 unspecified atom stereocenters. The van der Waals surface area contributed by atoms with Crippen molar-refractivity contribution in [3.05, 3.63) is 30.1 Å². The fourth-order valence-corrected chi connectivity index (χ4v) is 2.73. The third-order valence-electron chi connectivity index (χ3n) is 4.23. The molecule has 1 aromatic rings. The van der Waals surface area contributed by atoms with Gasteiger partial charge in [-0.05, 0) is 48.9 Å². The maximum atomic E-state index is 11.9. The molecule has 1 atom stereocenters. The van der Waals surface area contributed by atoms with Gasteiger partial charge in [0.25, 0.3) is 0 Å². The minimum absolute atomic E-state index is 0.130. The van der Waals surface area contributed by atoms with E-state index in [1.165, 1.54) is 12.8 Å². The summed E-state index contributed by atoms with van der Waals surface area (Å²) in [4.78, 5) is 15.9. The Bertz CT molecular complexity index is 431. The maximum absolute atomic E-state index is 11.9. The first-order valence-corrected chi connectivity index (χ1v) is 7.47. The molecule has 2 heterocycles. The molecule has 1 fully saturated rings. The maximum Gasteiger partial charge on any atom is 0.220 e. The average molecular weight is 275 g/mol. The minimum atomic E-state index is 0.130. The number of amides is 1. The molecule has 4 heteroatoms. The second kappa shape index (κ2) is 6.84. The Balaban J connectivity index is 1.72.